The van der Waals surface area contributed by atoms with Crippen molar-refractivity contribution in [1.82, 2.24) is 9.97 Å². The molecule has 0 amide bonds. The Hall–Kier alpha value is -0.830. The SMILES string of the molecule is CC.CC.CCS/C=C/c1nccc(C)n1. The molecule has 0 unspecified atom stereocenters. The van der Waals surface area contributed by atoms with E-state index in [9.17, 15) is 0 Å². The summed E-state index contributed by atoms with van der Waals surface area (Å²) in [5, 5.41) is 2.02. The van der Waals surface area contributed by atoms with E-state index in [2.05, 4.69) is 16.9 Å². The molecule has 0 aliphatic carbocycles. The summed E-state index contributed by atoms with van der Waals surface area (Å²) < 4.78 is 0. The molecule has 0 aromatic carbocycles. The first-order valence-corrected chi connectivity index (χ1v) is 6.95. The highest BCUT2D eigenvalue weighted by Gasteiger charge is 1.88. The zero-order chi connectivity index (χ0) is 12.8. The van der Waals surface area contributed by atoms with Crippen LogP contribution in [0.1, 0.15) is 46.1 Å². The monoisotopic (exact) mass is 240 g/mol. The summed E-state index contributed by atoms with van der Waals surface area (Å²) >= 11 is 1.75. The molecule has 0 saturated heterocycles. The van der Waals surface area contributed by atoms with Crippen LogP contribution in [0, 0.1) is 6.92 Å². The number of thioether (sulfide) groups is 1. The molecule has 2 nitrogen and oxygen atoms in total. The lowest BCUT2D eigenvalue weighted by atomic mass is 10.4. The predicted octanol–water partition coefficient (Wildman–Crippen LogP) is 4.56. The standard InChI is InChI=1S/C9H12N2S.2C2H6/c1-3-12-7-5-9-10-6-4-8(2)11-9;2*1-2/h4-7H,3H2,1-2H3;2*1-2H3/b7-5+;;. The molecular weight excluding hydrogens is 216 g/mol. The van der Waals surface area contributed by atoms with E-state index in [1.54, 1.807) is 18.0 Å². The van der Waals surface area contributed by atoms with E-state index in [0.717, 1.165) is 17.3 Å². The van der Waals surface area contributed by atoms with E-state index >= 15 is 0 Å². The maximum atomic E-state index is 4.23. The summed E-state index contributed by atoms with van der Waals surface area (Å²) in [5.41, 5.74) is 1.01. The van der Waals surface area contributed by atoms with Crippen LogP contribution in [0.3, 0.4) is 0 Å². The Morgan fingerprint density at radius 2 is 1.88 bits per heavy atom. The molecule has 0 atom stereocenters. The van der Waals surface area contributed by atoms with Crippen LogP contribution in [0.5, 0.6) is 0 Å². The Labute approximate surface area is 105 Å². The lowest BCUT2D eigenvalue weighted by molar-refractivity contribution is 1.08. The van der Waals surface area contributed by atoms with E-state index in [-0.39, 0.29) is 0 Å². The Balaban J connectivity index is 0. The second kappa shape index (κ2) is 14.2. The fraction of sp³-hybridized carbons (Fsp3) is 0.538. The fourth-order valence-electron chi connectivity index (χ4n) is 0.754. The van der Waals surface area contributed by atoms with Gasteiger partial charge in [0.25, 0.3) is 0 Å². The first-order valence-electron chi connectivity index (χ1n) is 5.90. The molecule has 0 aliphatic rings. The molecule has 0 bridgehead atoms. The van der Waals surface area contributed by atoms with Crippen molar-refractivity contribution in [3.8, 4) is 0 Å². The third kappa shape index (κ3) is 9.71. The van der Waals surface area contributed by atoms with Crippen molar-refractivity contribution in [2.75, 3.05) is 5.75 Å². The Bertz CT molecular complexity index is 272. The largest absolute Gasteiger partial charge is 0.237 e. The summed E-state index contributed by atoms with van der Waals surface area (Å²) in [7, 11) is 0. The van der Waals surface area contributed by atoms with Gasteiger partial charge in [0.1, 0.15) is 0 Å². The quantitative estimate of drug-likeness (QED) is 0.774. The third-order valence-corrected chi connectivity index (χ3v) is 1.96. The summed E-state index contributed by atoms with van der Waals surface area (Å²) in [5.74, 6) is 1.87. The Morgan fingerprint density at radius 3 is 2.38 bits per heavy atom. The van der Waals surface area contributed by atoms with Crippen LogP contribution in [-0.4, -0.2) is 15.7 Å². The summed E-state index contributed by atoms with van der Waals surface area (Å²) in [6.45, 7) is 12.1. The number of rotatable bonds is 3. The first kappa shape index (κ1) is 17.6. The molecule has 0 saturated carbocycles. The minimum Gasteiger partial charge on any atom is -0.237 e. The zero-order valence-electron chi connectivity index (χ0n) is 11.3. The Kier molecular flexibility index (Phi) is 15.6. The van der Waals surface area contributed by atoms with Crippen LogP contribution in [0.4, 0.5) is 0 Å². The highest BCUT2D eigenvalue weighted by Crippen LogP contribution is 2.04. The van der Waals surface area contributed by atoms with Crippen molar-refractivity contribution in [3.05, 3.63) is 29.2 Å². The first-order chi connectivity index (χ1) is 7.83. The number of nitrogens with zero attached hydrogens (tertiary/aromatic N) is 2. The molecule has 16 heavy (non-hydrogen) atoms. The van der Waals surface area contributed by atoms with Gasteiger partial charge < -0.3 is 0 Å². The van der Waals surface area contributed by atoms with Crippen LogP contribution in [-0.2, 0) is 0 Å². The second-order valence-electron chi connectivity index (χ2n) is 2.31. The molecule has 0 N–H and O–H groups in total. The van der Waals surface area contributed by atoms with Crippen LogP contribution < -0.4 is 0 Å². The average Bonchev–Trinajstić information content (AvgIpc) is 2.35. The molecular formula is C13H24N2S. The van der Waals surface area contributed by atoms with Crippen molar-refractivity contribution in [2.45, 2.75) is 41.5 Å². The van der Waals surface area contributed by atoms with Crippen molar-refractivity contribution < 1.29 is 0 Å². The van der Waals surface area contributed by atoms with E-state index in [0.29, 0.717) is 0 Å². The third-order valence-electron chi connectivity index (χ3n) is 1.29. The summed E-state index contributed by atoms with van der Waals surface area (Å²) in [6, 6.07) is 1.89. The van der Waals surface area contributed by atoms with E-state index in [1.165, 1.54) is 0 Å². The van der Waals surface area contributed by atoms with Crippen molar-refractivity contribution >= 4 is 17.8 Å². The van der Waals surface area contributed by atoms with Crippen molar-refractivity contribution in [3.63, 3.8) is 0 Å². The molecule has 1 rings (SSSR count). The lowest BCUT2D eigenvalue weighted by Gasteiger charge is -1.92. The lowest BCUT2D eigenvalue weighted by Crippen LogP contribution is -1.87. The van der Waals surface area contributed by atoms with Crippen molar-refractivity contribution in [1.29, 1.82) is 0 Å². The molecule has 0 fully saturated rings. The maximum Gasteiger partial charge on any atom is 0.152 e. The second-order valence-corrected chi connectivity index (χ2v) is 3.50. The summed E-state index contributed by atoms with van der Waals surface area (Å²) in [4.78, 5) is 8.33. The van der Waals surface area contributed by atoms with E-state index in [4.69, 9.17) is 0 Å². The maximum absolute atomic E-state index is 4.23. The van der Waals surface area contributed by atoms with Gasteiger partial charge in [0.15, 0.2) is 5.82 Å². The highest BCUT2D eigenvalue weighted by molar-refractivity contribution is 8.02. The fourth-order valence-corrected chi connectivity index (χ4v) is 1.16. The van der Waals surface area contributed by atoms with Gasteiger partial charge in [0.2, 0.25) is 0 Å². The van der Waals surface area contributed by atoms with Gasteiger partial charge >= 0.3 is 0 Å². The topological polar surface area (TPSA) is 25.8 Å². The molecule has 0 spiro atoms. The van der Waals surface area contributed by atoms with Gasteiger partial charge in [-0.2, -0.15) is 0 Å². The molecule has 1 heterocycles. The average molecular weight is 240 g/mol. The number of aryl methyl sites for hydroxylation is 1. The highest BCUT2D eigenvalue weighted by atomic mass is 32.2. The normalized spacial score (nSPS) is 8.88. The van der Waals surface area contributed by atoms with Crippen molar-refractivity contribution in [2.24, 2.45) is 0 Å². The van der Waals surface area contributed by atoms with Gasteiger partial charge in [-0.3, -0.25) is 0 Å². The molecule has 3 heteroatoms. The smallest absolute Gasteiger partial charge is 0.152 e. The minimum atomic E-state index is 0.788. The van der Waals surface area contributed by atoms with Gasteiger partial charge in [-0.05, 0) is 30.2 Å². The predicted molar refractivity (Wildman–Crippen MR) is 76.6 cm³/mol. The van der Waals surface area contributed by atoms with Crippen LogP contribution >= 0.6 is 11.8 Å². The number of hydrogen-bond acceptors (Lipinski definition) is 3. The van der Waals surface area contributed by atoms with Gasteiger partial charge in [0.05, 0.1) is 0 Å². The van der Waals surface area contributed by atoms with Gasteiger partial charge in [-0.15, -0.1) is 11.8 Å². The number of hydrogen-bond donors (Lipinski definition) is 0. The molecule has 1 aromatic rings. The van der Waals surface area contributed by atoms with Gasteiger partial charge in [0, 0.05) is 11.9 Å². The summed E-state index contributed by atoms with van der Waals surface area (Å²) in [6.07, 6.45) is 3.71. The van der Waals surface area contributed by atoms with Crippen LogP contribution in [0.2, 0.25) is 0 Å². The molecule has 1 aromatic heterocycles. The van der Waals surface area contributed by atoms with E-state index in [1.807, 2.05) is 52.2 Å². The number of aromatic nitrogens is 2. The Morgan fingerprint density at radius 1 is 1.25 bits per heavy atom. The van der Waals surface area contributed by atoms with Gasteiger partial charge in [-0.1, -0.05) is 34.6 Å². The van der Waals surface area contributed by atoms with E-state index < -0.39 is 0 Å². The zero-order valence-corrected chi connectivity index (χ0v) is 12.1. The van der Waals surface area contributed by atoms with Crippen LogP contribution in [0.15, 0.2) is 17.7 Å². The molecule has 0 radical (unpaired) electrons. The minimum absolute atomic E-state index is 0.788. The van der Waals surface area contributed by atoms with Crippen LogP contribution in [0.25, 0.3) is 6.08 Å². The molecule has 92 valence electrons. The van der Waals surface area contributed by atoms with Gasteiger partial charge in [-0.25, -0.2) is 9.97 Å². The molecule has 0 aliphatic heterocycles.